The molecule has 0 radical (unpaired) electrons. The summed E-state index contributed by atoms with van der Waals surface area (Å²) >= 11 is 0. The number of hydrogen-bond acceptors (Lipinski definition) is 5. The molecule has 0 spiro atoms. The molecule has 34 heavy (non-hydrogen) atoms. The van der Waals surface area contributed by atoms with Crippen LogP contribution in [0.5, 0.6) is 0 Å². The predicted octanol–water partition coefficient (Wildman–Crippen LogP) is 4.89. The zero-order chi connectivity index (χ0) is 24.9. The number of aromatic nitrogens is 3. The van der Waals surface area contributed by atoms with E-state index >= 15 is 0 Å². The second-order valence-corrected chi connectivity index (χ2v) is 9.63. The fraction of sp³-hybridized carbons (Fsp3) is 0.444. The molecule has 1 aromatic carbocycles. The maximum Gasteiger partial charge on any atom is 0.407 e. The Balaban J connectivity index is 2.16. The maximum atomic E-state index is 12.7. The lowest BCUT2D eigenvalue weighted by Crippen LogP contribution is -2.33. The number of allylic oxidation sites excluding steroid dienone is 2. The predicted molar refractivity (Wildman–Crippen MR) is 135 cm³/mol. The molecule has 2 N–H and O–H groups in total. The summed E-state index contributed by atoms with van der Waals surface area (Å²) in [6.45, 7) is 16.9. The summed E-state index contributed by atoms with van der Waals surface area (Å²) in [6, 6.07) is 7.95. The molecule has 7 heteroatoms. The number of hydrogen-bond donors (Lipinski definition) is 2. The zero-order valence-electron chi connectivity index (χ0n) is 20.7. The van der Waals surface area contributed by atoms with Crippen molar-refractivity contribution < 1.29 is 14.6 Å². The van der Waals surface area contributed by atoms with Crippen molar-refractivity contribution in [3.8, 4) is 11.3 Å². The lowest BCUT2D eigenvalue weighted by atomic mass is 9.86. The number of aliphatic hydroxyl groups excluding tert-OH is 1. The summed E-state index contributed by atoms with van der Waals surface area (Å²) < 4.78 is 7.78. The van der Waals surface area contributed by atoms with E-state index in [0.29, 0.717) is 25.3 Å². The van der Waals surface area contributed by atoms with Gasteiger partial charge in [-0.05, 0) is 38.2 Å². The van der Waals surface area contributed by atoms with Crippen LogP contribution in [0.25, 0.3) is 16.8 Å². The number of nitrogens with one attached hydrogen (secondary N) is 1. The van der Waals surface area contributed by atoms with Crippen LogP contribution in [0.3, 0.4) is 0 Å². The second kappa shape index (κ2) is 10.8. The lowest BCUT2D eigenvalue weighted by molar-refractivity contribution is 0.116. The van der Waals surface area contributed by atoms with Crippen molar-refractivity contribution in [2.45, 2.75) is 58.6 Å². The molecule has 3 rings (SSSR count). The van der Waals surface area contributed by atoms with E-state index < -0.39 is 17.7 Å². The van der Waals surface area contributed by atoms with Crippen LogP contribution in [0.1, 0.15) is 51.8 Å². The van der Waals surface area contributed by atoms with Gasteiger partial charge in [0.05, 0.1) is 11.2 Å². The third kappa shape index (κ3) is 5.30. The highest BCUT2D eigenvalue weighted by atomic mass is 16.6. The zero-order valence-corrected chi connectivity index (χ0v) is 20.7. The van der Waals surface area contributed by atoms with Gasteiger partial charge in [0.25, 0.3) is 0 Å². The molecule has 0 aliphatic heterocycles. The number of aliphatic hydroxyl groups is 1. The molecule has 1 atom stereocenters. The van der Waals surface area contributed by atoms with Crippen molar-refractivity contribution >= 4 is 11.7 Å². The smallest absolute Gasteiger partial charge is 0.407 e. The number of rotatable bonds is 9. The number of nitrogens with zero attached hydrogens (tertiary/aromatic N) is 3. The van der Waals surface area contributed by atoms with Crippen molar-refractivity contribution in [2.24, 2.45) is 5.92 Å². The molecule has 0 saturated heterocycles. The van der Waals surface area contributed by atoms with Crippen LogP contribution in [-0.2, 0) is 16.7 Å². The first-order valence-electron chi connectivity index (χ1n) is 11.8. The Labute approximate surface area is 202 Å². The summed E-state index contributed by atoms with van der Waals surface area (Å²) in [5, 5.41) is 21.6. The highest BCUT2D eigenvalue weighted by Gasteiger charge is 2.33. The molecule has 7 nitrogen and oxygen atoms in total. The number of alkyl carbamates (subject to hydrolysis) is 1. The van der Waals surface area contributed by atoms with Crippen LogP contribution in [0, 0.1) is 5.92 Å². The average Bonchev–Trinajstić information content (AvgIpc) is 3.21. The fourth-order valence-electron chi connectivity index (χ4n) is 4.25. The van der Waals surface area contributed by atoms with Crippen molar-refractivity contribution in [1.82, 2.24) is 20.3 Å². The minimum Gasteiger partial charge on any atom is -0.441 e. The van der Waals surface area contributed by atoms with E-state index in [9.17, 15) is 9.90 Å². The third-order valence-electron chi connectivity index (χ3n) is 6.22. The van der Waals surface area contributed by atoms with Gasteiger partial charge in [-0.3, -0.25) is 0 Å². The first-order chi connectivity index (χ1) is 16.2. The Morgan fingerprint density at radius 2 is 2.06 bits per heavy atom. The van der Waals surface area contributed by atoms with Crippen LogP contribution in [0.4, 0.5) is 4.79 Å². The van der Waals surface area contributed by atoms with Crippen molar-refractivity contribution in [2.75, 3.05) is 13.2 Å². The Morgan fingerprint density at radius 1 is 1.32 bits per heavy atom. The van der Waals surface area contributed by atoms with Gasteiger partial charge in [-0.2, -0.15) is 0 Å². The first kappa shape index (κ1) is 25.4. The van der Waals surface area contributed by atoms with E-state index in [2.05, 4.69) is 42.6 Å². The molecule has 0 bridgehead atoms. The van der Waals surface area contributed by atoms with Gasteiger partial charge >= 0.3 is 6.09 Å². The van der Waals surface area contributed by atoms with Crippen LogP contribution < -0.4 is 5.32 Å². The lowest BCUT2D eigenvalue weighted by Gasteiger charge is -2.29. The molecule has 0 saturated carbocycles. The van der Waals surface area contributed by atoms with E-state index in [1.54, 1.807) is 12.2 Å². The van der Waals surface area contributed by atoms with E-state index in [1.165, 1.54) is 0 Å². The molecule has 0 fully saturated rings. The van der Waals surface area contributed by atoms with Gasteiger partial charge in [0.1, 0.15) is 11.8 Å². The van der Waals surface area contributed by atoms with Crippen LogP contribution >= 0.6 is 0 Å². The van der Waals surface area contributed by atoms with E-state index in [4.69, 9.17) is 4.74 Å². The molecule has 1 heterocycles. The Morgan fingerprint density at radius 3 is 2.71 bits per heavy atom. The van der Waals surface area contributed by atoms with Gasteiger partial charge < -0.3 is 15.2 Å². The van der Waals surface area contributed by atoms with E-state index in [1.807, 2.05) is 42.8 Å². The number of ether oxygens (including phenoxy) is 1. The highest BCUT2D eigenvalue weighted by molar-refractivity contribution is 5.87. The van der Waals surface area contributed by atoms with Gasteiger partial charge in [0, 0.05) is 36.3 Å². The van der Waals surface area contributed by atoms with Gasteiger partial charge in [-0.25, -0.2) is 9.48 Å². The Bertz CT molecular complexity index is 1080. The van der Waals surface area contributed by atoms with Gasteiger partial charge in [0.2, 0.25) is 0 Å². The first-order valence-corrected chi connectivity index (χ1v) is 11.8. The van der Waals surface area contributed by atoms with Crippen molar-refractivity contribution in [3.63, 3.8) is 0 Å². The Hall–Kier alpha value is -3.19. The van der Waals surface area contributed by atoms with E-state index in [0.717, 1.165) is 40.1 Å². The summed E-state index contributed by atoms with van der Waals surface area (Å²) in [4.78, 5) is 12.7. The third-order valence-corrected chi connectivity index (χ3v) is 6.22. The van der Waals surface area contributed by atoms with Crippen molar-refractivity contribution in [1.29, 1.82) is 0 Å². The quantitative estimate of drug-likeness (QED) is 0.552. The summed E-state index contributed by atoms with van der Waals surface area (Å²) in [5.74, 6) is 0.484. The minimum atomic E-state index is -0.567. The summed E-state index contributed by atoms with van der Waals surface area (Å²) in [7, 11) is 0. The average molecular weight is 465 g/mol. The molecular weight excluding hydrogens is 428 g/mol. The number of carbonyl (C=O) groups excluding carboxylic acids is 1. The monoisotopic (exact) mass is 464 g/mol. The van der Waals surface area contributed by atoms with Gasteiger partial charge in [-0.1, -0.05) is 68.6 Å². The SMILES string of the molecule is C=C/C1=C(\C=C)C(OC(=O)NCCC(C)C)Cc2ccccc2-c2nnn(C(C)(C)CCO)c21. The maximum absolute atomic E-state index is 12.7. The molecule has 1 amide bonds. The summed E-state index contributed by atoms with van der Waals surface area (Å²) in [5.41, 5.74) is 4.43. The van der Waals surface area contributed by atoms with Crippen molar-refractivity contribution in [3.05, 3.63) is 66.4 Å². The molecule has 1 aliphatic rings. The van der Waals surface area contributed by atoms with E-state index in [-0.39, 0.29) is 6.61 Å². The van der Waals surface area contributed by atoms with Gasteiger partial charge in [-0.15, -0.1) is 5.10 Å². The molecule has 2 aromatic rings. The minimum absolute atomic E-state index is 0.0158. The number of amides is 1. The number of fused-ring (bicyclic) bond motifs is 3. The second-order valence-electron chi connectivity index (χ2n) is 9.63. The molecular formula is C27H36N4O3. The molecule has 1 aromatic heterocycles. The number of benzene rings is 1. The standard InChI is InChI=1S/C27H36N4O3/c1-7-20-21(8-2)25-24(29-30-31(25)27(5,6)14-16-32)22-12-10-9-11-19(22)17-23(20)34-26(33)28-15-13-18(3)4/h7-12,18,23,32H,1-2,13-17H2,3-6H3,(H,28,33)/b21-20-. The Kier molecular flexibility index (Phi) is 8.10. The normalized spacial score (nSPS) is 17.9. The topological polar surface area (TPSA) is 89.3 Å². The van der Waals surface area contributed by atoms with Crippen LogP contribution in [0.2, 0.25) is 0 Å². The largest absolute Gasteiger partial charge is 0.441 e. The van der Waals surface area contributed by atoms with Crippen LogP contribution in [0.15, 0.2) is 55.1 Å². The highest BCUT2D eigenvalue weighted by Crippen LogP contribution is 2.39. The molecule has 1 unspecified atom stereocenters. The van der Waals surface area contributed by atoms with Gasteiger partial charge in [0.15, 0.2) is 0 Å². The summed E-state index contributed by atoms with van der Waals surface area (Å²) in [6.07, 6.45) is 4.28. The number of carbonyl (C=O) groups is 1. The fourth-order valence-corrected chi connectivity index (χ4v) is 4.25. The van der Waals surface area contributed by atoms with Crippen LogP contribution in [-0.4, -0.2) is 45.4 Å². The molecule has 182 valence electrons. The molecule has 1 aliphatic carbocycles.